The lowest BCUT2D eigenvalue weighted by atomic mass is 10.1. The molecule has 0 amide bonds. The first-order valence-corrected chi connectivity index (χ1v) is 7.84. The summed E-state index contributed by atoms with van der Waals surface area (Å²) in [4.78, 5) is 4.80. The van der Waals surface area contributed by atoms with Gasteiger partial charge in [-0.3, -0.25) is 4.40 Å². The van der Waals surface area contributed by atoms with E-state index in [2.05, 4.69) is 23.5 Å². The minimum atomic E-state index is 0.570. The summed E-state index contributed by atoms with van der Waals surface area (Å²) in [6.45, 7) is 3.82. The number of imidazole rings is 1. The van der Waals surface area contributed by atoms with Gasteiger partial charge in [0, 0.05) is 18.2 Å². The minimum absolute atomic E-state index is 0.570. The van der Waals surface area contributed by atoms with Crippen molar-refractivity contribution < 1.29 is 9.47 Å². The van der Waals surface area contributed by atoms with E-state index >= 15 is 0 Å². The normalized spacial score (nSPS) is 13.5. The van der Waals surface area contributed by atoms with E-state index in [0.29, 0.717) is 19.8 Å². The maximum atomic E-state index is 5.78. The topological polar surface area (TPSA) is 61.8 Å². The zero-order chi connectivity index (χ0) is 15.8. The van der Waals surface area contributed by atoms with Gasteiger partial charge in [0.1, 0.15) is 18.9 Å². The Labute approximate surface area is 134 Å². The SMILES string of the molecule is Cc1cccn2c(-c3ccc4c(c3)OCCO4)c(CCN)nc12. The highest BCUT2D eigenvalue weighted by molar-refractivity contribution is 5.71. The average molecular weight is 309 g/mol. The molecule has 3 aromatic rings. The van der Waals surface area contributed by atoms with Gasteiger partial charge in [-0.15, -0.1) is 0 Å². The molecule has 118 valence electrons. The van der Waals surface area contributed by atoms with Gasteiger partial charge >= 0.3 is 0 Å². The largest absolute Gasteiger partial charge is 0.486 e. The van der Waals surface area contributed by atoms with Crippen LogP contribution in [-0.2, 0) is 6.42 Å². The fourth-order valence-electron chi connectivity index (χ4n) is 3.06. The molecule has 0 aliphatic carbocycles. The molecule has 0 atom stereocenters. The summed E-state index contributed by atoms with van der Waals surface area (Å²) in [7, 11) is 0. The number of aromatic nitrogens is 2. The van der Waals surface area contributed by atoms with Crippen molar-refractivity contribution in [2.24, 2.45) is 5.73 Å². The number of pyridine rings is 1. The highest BCUT2D eigenvalue weighted by atomic mass is 16.6. The van der Waals surface area contributed by atoms with Gasteiger partial charge in [-0.1, -0.05) is 6.07 Å². The van der Waals surface area contributed by atoms with Gasteiger partial charge in [-0.05, 0) is 43.3 Å². The minimum Gasteiger partial charge on any atom is -0.486 e. The van der Waals surface area contributed by atoms with Crippen LogP contribution in [-0.4, -0.2) is 29.1 Å². The lowest BCUT2D eigenvalue weighted by Crippen LogP contribution is -2.15. The van der Waals surface area contributed by atoms with Crippen molar-refractivity contribution in [2.75, 3.05) is 19.8 Å². The molecule has 5 nitrogen and oxygen atoms in total. The van der Waals surface area contributed by atoms with Crippen molar-refractivity contribution in [1.29, 1.82) is 0 Å². The molecule has 3 heterocycles. The van der Waals surface area contributed by atoms with E-state index in [1.807, 2.05) is 24.4 Å². The Hall–Kier alpha value is -2.53. The molecule has 0 saturated carbocycles. The van der Waals surface area contributed by atoms with Gasteiger partial charge in [-0.2, -0.15) is 0 Å². The number of nitrogens with zero attached hydrogens (tertiary/aromatic N) is 2. The average Bonchev–Trinajstić information content (AvgIpc) is 2.94. The van der Waals surface area contributed by atoms with Gasteiger partial charge < -0.3 is 15.2 Å². The van der Waals surface area contributed by atoms with Crippen LogP contribution < -0.4 is 15.2 Å². The van der Waals surface area contributed by atoms with E-state index in [1.165, 1.54) is 0 Å². The number of rotatable bonds is 3. The summed E-state index contributed by atoms with van der Waals surface area (Å²) in [5.41, 5.74) is 11.1. The van der Waals surface area contributed by atoms with Crippen molar-refractivity contribution in [3.8, 4) is 22.8 Å². The van der Waals surface area contributed by atoms with Crippen molar-refractivity contribution in [3.05, 3.63) is 47.8 Å². The monoisotopic (exact) mass is 309 g/mol. The summed E-state index contributed by atoms with van der Waals surface area (Å²) in [5.74, 6) is 1.58. The van der Waals surface area contributed by atoms with E-state index in [4.69, 9.17) is 20.2 Å². The lowest BCUT2D eigenvalue weighted by molar-refractivity contribution is 0.171. The molecule has 0 radical (unpaired) electrons. The summed E-state index contributed by atoms with van der Waals surface area (Å²) < 4.78 is 13.5. The maximum Gasteiger partial charge on any atom is 0.162 e. The number of benzene rings is 1. The van der Waals surface area contributed by atoms with Gasteiger partial charge in [0.2, 0.25) is 0 Å². The van der Waals surface area contributed by atoms with E-state index in [-0.39, 0.29) is 0 Å². The third-order valence-electron chi connectivity index (χ3n) is 4.11. The van der Waals surface area contributed by atoms with Gasteiger partial charge in [0.15, 0.2) is 11.5 Å². The molecule has 4 rings (SSSR count). The molecule has 2 N–H and O–H groups in total. The first kappa shape index (κ1) is 14.1. The Morgan fingerprint density at radius 2 is 2.00 bits per heavy atom. The van der Waals surface area contributed by atoms with Crippen molar-refractivity contribution >= 4 is 5.65 Å². The summed E-state index contributed by atoms with van der Waals surface area (Å²) in [6, 6.07) is 10.2. The Kier molecular flexibility index (Phi) is 3.42. The fraction of sp³-hybridized carbons (Fsp3) is 0.278. The van der Waals surface area contributed by atoms with Crippen LogP contribution in [0.25, 0.3) is 16.9 Å². The van der Waals surface area contributed by atoms with Crippen LogP contribution >= 0.6 is 0 Å². The molecule has 1 aliphatic rings. The molecule has 0 spiro atoms. The second-order valence-electron chi connectivity index (χ2n) is 5.69. The highest BCUT2D eigenvalue weighted by Gasteiger charge is 2.18. The van der Waals surface area contributed by atoms with Crippen molar-refractivity contribution in [2.45, 2.75) is 13.3 Å². The Balaban J connectivity index is 1.93. The molecule has 2 aromatic heterocycles. The first-order chi connectivity index (χ1) is 11.3. The number of aryl methyl sites for hydroxylation is 1. The molecule has 23 heavy (non-hydrogen) atoms. The van der Waals surface area contributed by atoms with E-state index < -0.39 is 0 Å². The predicted molar refractivity (Wildman–Crippen MR) is 89.1 cm³/mol. The summed E-state index contributed by atoms with van der Waals surface area (Å²) >= 11 is 0. The Morgan fingerprint density at radius 3 is 2.83 bits per heavy atom. The van der Waals surface area contributed by atoms with Crippen molar-refractivity contribution in [1.82, 2.24) is 9.38 Å². The maximum absolute atomic E-state index is 5.78. The summed E-state index contributed by atoms with van der Waals surface area (Å²) in [6.07, 6.45) is 2.78. The van der Waals surface area contributed by atoms with Crippen LogP contribution in [0.5, 0.6) is 11.5 Å². The van der Waals surface area contributed by atoms with Crippen molar-refractivity contribution in [3.63, 3.8) is 0 Å². The van der Waals surface area contributed by atoms with Crippen LogP contribution in [0.3, 0.4) is 0 Å². The summed E-state index contributed by atoms with van der Waals surface area (Å²) in [5, 5.41) is 0. The van der Waals surface area contributed by atoms with Crippen LogP contribution in [0.4, 0.5) is 0 Å². The molecule has 1 aliphatic heterocycles. The van der Waals surface area contributed by atoms with Gasteiger partial charge in [0.25, 0.3) is 0 Å². The number of hydrogen-bond acceptors (Lipinski definition) is 4. The fourth-order valence-corrected chi connectivity index (χ4v) is 3.06. The Bertz CT molecular complexity index is 870. The first-order valence-electron chi connectivity index (χ1n) is 7.84. The molecule has 0 unspecified atom stereocenters. The Morgan fingerprint density at radius 1 is 1.17 bits per heavy atom. The van der Waals surface area contributed by atoms with Gasteiger partial charge in [-0.25, -0.2) is 4.98 Å². The van der Waals surface area contributed by atoms with Crippen LogP contribution in [0.15, 0.2) is 36.5 Å². The lowest BCUT2D eigenvalue weighted by Gasteiger charge is -2.19. The standard InChI is InChI=1S/C18H19N3O2/c1-12-3-2-8-21-17(14(6-7-19)20-18(12)21)13-4-5-15-16(11-13)23-10-9-22-15/h2-5,8,11H,6-7,9-10,19H2,1H3. The molecule has 1 aromatic carbocycles. The van der Waals surface area contributed by atoms with E-state index in [9.17, 15) is 0 Å². The van der Waals surface area contributed by atoms with E-state index in [1.54, 1.807) is 0 Å². The molecule has 0 saturated heterocycles. The zero-order valence-electron chi connectivity index (χ0n) is 13.1. The number of nitrogens with two attached hydrogens (primary N) is 1. The molecular weight excluding hydrogens is 290 g/mol. The highest BCUT2D eigenvalue weighted by Crippen LogP contribution is 2.36. The van der Waals surface area contributed by atoms with Crippen LogP contribution in [0, 0.1) is 6.92 Å². The molecule has 0 fully saturated rings. The third-order valence-corrected chi connectivity index (χ3v) is 4.11. The smallest absolute Gasteiger partial charge is 0.162 e. The van der Waals surface area contributed by atoms with Crippen LogP contribution in [0.1, 0.15) is 11.3 Å². The molecule has 0 bridgehead atoms. The van der Waals surface area contributed by atoms with Gasteiger partial charge in [0.05, 0.1) is 11.4 Å². The second-order valence-corrected chi connectivity index (χ2v) is 5.69. The predicted octanol–water partition coefficient (Wildman–Crippen LogP) is 2.58. The van der Waals surface area contributed by atoms with Crippen LogP contribution in [0.2, 0.25) is 0 Å². The molecular formula is C18H19N3O2. The van der Waals surface area contributed by atoms with E-state index in [0.717, 1.165) is 46.1 Å². The number of fused-ring (bicyclic) bond motifs is 2. The molecule has 5 heteroatoms. The quantitative estimate of drug-likeness (QED) is 0.808. The zero-order valence-corrected chi connectivity index (χ0v) is 13.1. The third kappa shape index (κ3) is 2.33. The number of hydrogen-bond donors (Lipinski definition) is 1. The number of ether oxygens (including phenoxy) is 2. The second kappa shape index (κ2) is 5.59.